The number of hydrogen-bond donors (Lipinski definition) is 4. The van der Waals surface area contributed by atoms with Gasteiger partial charge in [0.1, 0.15) is 23.4 Å². The number of phenols is 4. The van der Waals surface area contributed by atoms with Crippen LogP contribution in [-0.4, -0.2) is 32.5 Å². The molecule has 2 atom stereocenters. The molecule has 3 aromatic rings. The number of aromatic hydroxyl groups is 4. The molecule has 0 fully saturated rings. The van der Waals surface area contributed by atoms with Gasteiger partial charge >= 0.3 is 5.97 Å². The van der Waals surface area contributed by atoms with E-state index >= 15 is 0 Å². The molecule has 0 unspecified atom stereocenters. The lowest BCUT2D eigenvalue weighted by Crippen LogP contribution is -2.34. The second-order valence-corrected chi connectivity index (χ2v) is 6.74. The molecule has 1 aliphatic heterocycles. The fourth-order valence-corrected chi connectivity index (χ4v) is 3.33. The van der Waals surface area contributed by atoms with Gasteiger partial charge in [0.05, 0.1) is 5.56 Å². The molecule has 1 heterocycles. The summed E-state index contributed by atoms with van der Waals surface area (Å²) < 4.78 is 11.6. The molecule has 4 rings (SSSR count). The average molecular weight is 394 g/mol. The fourth-order valence-electron chi connectivity index (χ4n) is 3.33. The summed E-state index contributed by atoms with van der Waals surface area (Å²) in [6.07, 6.45) is -1.52. The van der Waals surface area contributed by atoms with Gasteiger partial charge in [-0.25, -0.2) is 4.79 Å². The van der Waals surface area contributed by atoms with Gasteiger partial charge in [0.15, 0.2) is 17.6 Å². The first-order chi connectivity index (χ1) is 13.9. The van der Waals surface area contributed by atoms with Gasteiger partial charge in [0.25, 0.3) is 0 Å². The van der Waals surface area contributed by atoms with Gasteiger partial charge in [0.2, 0.25) is 0 Å². The molecule has 148 valence electrons. The van der Waals surface area contributed by atoms with Crippen LogP contribution in [0.5, 0.6) is 28.7 Å². The summed E-state index contributed by atoms with van der Waals surface area (Å²) in [5.41, 5.74) is 1.22. The van der Waals surface area contributed by atoms with E-state index in [9.17, 15) is 25.2 Å². The van der Waals surface area contributed by atoms with Crippen molar-refractivity contribution in [2.45, 2.75) is 18.6 Å². The standard InChI is InChI=1S/C22H18O7/c23-14-9-17(25)15-11-20(29-22(27)12-4-2-1-3-5-12)21(28-19(15)10-14)13-6-7-16(24)18(26)8-13/h1-10,20-21,23-26H,11H2/t20-,21-/m1/s1. The van der Waals surface area contributed by atoms with E-state index in [-0.39, 0.29) is 35.2 Å². The van der Waals surface area contributed by atoms with Gasteiger partial charge in [-0.3, -0.25) is 0 Å². The average Bonchev–Trinajstić information content (AvgIpc) is 2.70. The first kappa shape index (κ1) is 18.5. The van der Waals surface area contributed by atoms with Crippen molar-refractivity contribution in [3.63, 3.8) is 0 Å². The normalized spacial score (nSPS) is 17.8. The molecular weight excluding hydrogens is 376 g/mol. The lowest BCUT2D eigenvalue weighted by atomic mass is 9.93. The van der Waals surface area contributed by atoms with Gasteiger partial charge in [-0.2, -0.15) is 0 Å². The fraction of sp³-hybridized carbons (Fsp3) is 0.136. The lowest BCUT2D eigenvalue weighted by Gasteiger charge is -2.34. The maximum absolute atomic E-state index is 12.6. The van der Waals surface area contributed by atoms with E-state index in [0.29, 0.717) is 16.7 Å². The largest absolute Gasteiger partial charge is 0.508 e. The third-order valence-corrected chi connectivity index (χ3v) is 4.76. The molecule has 0 aromatic heterocycles. The Balaban J connectivity index is 1.72. The van der Waals surface area contributed by atoms with Crippen LogP contribution in [0.4, 0.5) is 0 Å². The molecule has 0 amide bonds. The number of benzene rings is 3. The Morgan fingerprint density at radius 1 is 0.897 bits per heavy atom. The Hall–Kier alpha value is -3.87. The van der Waals surface area contributed by atoms with Gasteiger partial charge < -0.3 is 29.9 Å². The molecule has 29 heavy (non-hydrogen) atoms. The summed E-state index contributed by atoms with van der Waals surface area (Å²) in [6.45, 7) is 0. The summed E-state index contributed by atoms with van der Waals surface area (Å²) in [5.74, 6) is -1.30. The van der Waals surface area contributed by atoms with Crippen molar-refractivity contribution in [2.75, 3.05) is 0 Å². The van der Waals surface area contributed by atoms with E-state index < -0.39 is 18.2 Å². The quantitative estimate of drug-likeness (QED) is 0.397. The minimum Gasteiger partial charge on any atom is -0.508 e. The van der Waals surface area contributed by atoms with Gasteiger partial charge in [0, 0.05) is 29.7 Å². The molecule has 0 bridgehead atoms. The maximum Gasteiger partial charge on any atom is 0.338 e. The van der Waals surface area contributed by atoms with Crippen LogP contribution in [-0.2, 0) is 11.2 Å². The Morgan fingerprint density at radius 2 is 1.66 bits per heavy atom. The predicted octanol–water partition coefficient (Wildman–Crippen LogP) is 3.41. The summed E-state index contributed by atoms with van der Waals surface area (Å²) in [5, 5.41) is 39.4. The summed E-state index contributed by atoms with van der Waals surface area (Å²) in [4.78, 5) is 12.6. The highest BCUT2D eigenvalue weighted by molar-refractivity contribution is 5.89. The molecule has 7 heteroatoms. The van der Waals surface area contributed by atoms with Gasteiger partial charge in [-0.15, -0.1) is 0 Å². The van der Waals surface area contributed by atoms with Crippen LogP contribution in [0, 0.1) is 0 Å². The molecule has 1 aliphatic rings. The number of carbonyl (C=O) groups is 1. The predicted molar refractivity (Wildman–Crippen MR) is 102 cm³/mol. The minimum absolute atomic E-state index is 0.131. The molecule has 0 aliphatic carbocycles. The first-order valence-electron chi connectivity index (χ1n) is 8.92. The van der Waals surface area contributed by atoms with Gasteiger partial charge in [-0.05, 0) is 24.3 Å². The number of phenolic OH excluding ortho intramolecular Hbond substituents is 4. The summed E-state index contributed by atoms with van der Waals surface area (Å²) in [6, 6.07) is 15.2. The van der Waals surface area contributed by atoms with E-state index in [1.54, 1.807) is 30.3 Å². The molecular formula is C22H18O7. The van der Waals surface area contributed by atoms with Crippen molar-refractivity contribution in [3.8, 4) is 28.7 Å². The Labute approximate surface area is 166 Å². The zero-order chi connectivity index (χ0) is 20.5. The molecule has 7 nitrogen and oxygen atoms in total. The third kappa shape index (κ3) is 3.62. The third-order valence-electron chi connectivity index (χ3n) is 4.76. The van der Waals surface area contributed by atoms with Crippen molar-refractivity contribution in [2.24, 2.45) is 0 Å². The van der Waals surface area contributed by atoms with Crippen molar-refractivity contribution in [1.29, 1.82) is 0 Å². The zero-order valence-corrected chi connectivity index (χ0v) is 15.1. The summed E-state index contributed by atoms with van der Waals surface area (Å²) >= 11 is 0. The second-order valence-electron chi connectivity index (χ2n) is 6.74. The number of carbonyl (C=O) groups excluding carboxylic acids is 1. The molecule has 3 aromatic carbocycles. The van der Waals surface area contributed by atoms with Gasteiger partial charge in [-0.1, -0.05) is 24.3 Å². The number of rotatable bonds is 3. The molecule has 0 saturated heterocycles. The Morgan fingerprint density at radius 3 is 2.38 bits per heavy atom. The second kappa shape index (κ2) is 7.27. The SMILES string of the molecule is O=C(O[C@@H]1Cc2c(O)cc(O)cc2O[C@@H]1c1ccc(O)c(O)c1)c1ccccc1. The van der Waals surface area contributed by atoms with E-state index in [1.165, 1.54) is 30.3 Å². The molecule has 0 saturated carbocycles. The van der Waals surface area contributed by atoms with Crippen molar-refractivity contribution in [1.82, 2.24) is 0 Å². The van der Waals surface area contributed by atoms with Crippen LogP contribution < -0.4 is 4.74 Å². The monoisotopic (exact) mass is 394 g/mol. The van der Waals surface area contributed by atoms with E-state index in [4.69, 9.17) is 9.47 Å². The van der Waals surface area contributed by atoms with E-state index in [1.807, 2.05) is 0 Å². The number of ether oxygens (including phenoxy) is 2. The highest BCUT2D eigenvalue weighted by Gasteiger charge is 2.36. The minimum atomic E-state index is -0.831. The lowest BCUT2D eigenvalue weighted by molar-refractivity contribution is -0.0188. The van der Waals surface area contributed by atoms with Crippen molar-refractivity contribution >= 4 is 5.97 Å². The van der Waals surface area contributed by atoms with Crippen LogP contribution >= 0.6 is 0 Å². The molecule has 0 spiro atoms. The Kier molecular flexibility index (Phi) is 4.64. The number of hydrogen-bond acceptors (Lipinski definition) is 7. The van der Waals surface area contributed by atoms with E-state index in [2.05, 4.69) is 0 Å². The highest BCUT2D eigenvalue weighted by atomic mass is 16.6. The van der Waals surface area contributed by atoms with Crippen LogP contribution in [0.1, 0.15) is 27.6 Å². The van der Waals surface area contributed by atoms with Crippen LogP contribution in [0.3, 0.4) is 0 Å². The van der Waals surface area contributed by atoms with E-state index in [0.717, 1.165) is 0 Å². The molecule has 0 radical (unpaired) electrons. The van der Waals surface area contributed by atoms with Crippen molar-refractivity contribution in [3.05, 3.63) is 77.4 Å². The number of esters is 1. The molecule has 4 N–H and O–H groups in total. The Bertz CT molecular complexity index is 1060. The number of fused-ring (bicyclic) bond motifs is 1. The van der Waals surface area contributed by atoms with Crippen LogP contribution in [0.15, 0.2) is 60.7 Å². The first-order valence-corrected chi connectivity index (χ1v) is 8.92. The summed E-state index contributed by atoms with van der Waals surface area (Å²) in [7, 11) is 0. The van der Waals surface area contributed by atoms with Crippen molar-refractivity contribution < 1.29 is 34.7 Å². The highest BCUT2D eigenvalue weighted by Crippen LogP contribution is 2.43. The smallest absolute Gasteiger partial charge is 0.338 e. The van der Waals surface area contributed by atoms with Crippen LogP contribution in [0.2, 0.25) is 0 Å². The topological polar surface area (TPSA) is 116 Å². The van der Waals surface area contributed by atoms with Crippen LogP contribution in [0.25, 0.3) is 0 Å². The maximum atomic E-state index is 12.6. The zero-order valence-electron chi connectivity index (χ0n) is 15.1.